The van der Waals surface area contributed by atoms with Gasteiger partial charge in [0.1, 0.15) is 11.3 Å². The van der Waals surface area contributed by atoms with E-state index in [2.05, 4.69) is 10.3 Å². The van der Waals surface area contributed by atoms with E-state index in [1.54, 1.807) is 36.9 Å². The van der Waals surface area contributed by atoms with Gasteiger partial charge in [-0.2, -0.15) is 0 Å². The standard InChI is InChI=1S/C26H22Cl2N2O3/c1-3-32-24-13-25-21(22(15-33-25)19-5-4-18(27)11-23(19)28)12-20(24)16(2)10-26(31)30-14-17-6-8-29-9-7-17/h4-13,15H,3,14H2,1-2H3,(H,30,31)/b16-10+. The second kappa shape index (κ2) is 10.1. The first-order chi connectivity index (χ1) is 16.0. The average Bonchev–Trinajstić information content (AvgIpc) is 3.20. The van der Waals surface area contributed by atoms with Crippen LogP contribution >= 0.6 is 23.2 Å². The Morgan fingerprint density at radius 2 is 1.91 bits per heavy atom. The summed E-state index contributed by atoms with van der Waals surface area (Å²) >= 11 is 12.5. The van der Waals surface area contributed by atoms with E-state index in [9.17, 15) is 4.79 Å². The second-order valence-corrected chi connectivity index (χ2v) is 8.30. The molecule has 0 spiro atoms. The smallest absolute Gasteiger partial charge is 0.244 e. The summed E-state index contributed by atoms with van der Waals surface area (Å²) in [6, 6.07) is 12.9. The first-order valence-electron chi connectivity index (χ1n) is 10.4. The fourth-order valence-electron chi connectivity index (χ4n) is 3.57. The molecule has 1 N–H and O–H groups in total. The van der Waals surface area contributed by atoms with Crippen LogP contribution in [0.1, 0.15) is 25.0 Å². The van der Waals surface area contributed by atoms with Crippen LogP contribution in [0.15, 0.2) is 71.6 Å². The summed E-state index contributed by atoms with van der Waals surface area (Å²) in [4.78, 5) is 16.5. The Hall–Kier alpha value is -3.28. The first-order valence-corrected chi connectivity index (χ1v) is 11.2. The van der Waals surface area contributed by atoms with Gasteiger partial charge in [0.15, 0.2) is 0 Å². The highest BCUT2D eigenvalue weighted by Crippen LogP contribution is 2.40. The monoisotopic (exact) mass is 480 g/mol. The van der Waals surface area contributed by atoms with Crippen molar-refractivity contribution in [2.24, 2.45) is 0 Å². The number of allylic oxidation sites excluding steroid dienone is 1. The molecule has 7 heteroatoms. The molecule has 4 aromatic rings. The van der Waals surface area contributed by atoms with Crippen LogP contribution in [-0.2, 0) is 11.3 Å². The molecule has 33 heavy (non-hydrogen) atoms. The van der Waals surface area contributed by atoms with Crippen molar-refractivity contribution in [1.29, 1.82) is 0 Å². The number of ether oxygens (including phenoxy) is 1. The quantitative estimate of drug-likeness (QED) is 0.291. The Balaban J connectivity index is 1.69. The van der Waals surface area contributed by atoms with Crippen LogP contribution in [0.2, 0.25) is 10.0 Å². The minimum absolute atomic E-state index is 0.194. The normalized spacial score (nSPS) is 11.6. The molecule has 1 amide bonds. The predicted octanol–water partition coefficient (Wildman–Crippen LogP) is 6.92. The number of hydrogen-bond acceptors (Lipinski definition) is 4. The number of fused-ring (bicyclic) bond motifs is 1. The molecule has 2 aromatic heterocycles. The summed E-state index contributed by atoms with van der Waals surface area (Å²) in [6.07, 6.45) is 6.63. The lowest BCUT2D eigenvalue weighted by atomic mass is 9.99. The van der Waals surface area contributed by atoms with Gasteiger partial charge < -0.3 is 14.5 Å². The molecule has 0 saturated heterocycles. The molecule has 2 heterocycles. The average molecular weight is 481 g/mol. The Morgan fingerprint density at radius 1 is 1.12 bits per heavy atom. The Labute approximate surface area is 202 Å². The van der Waals surface area contributed by atoms with Crippen molar-refractivity contribution in [2.75, 3.05) is 6.61 Å². The molecular formula is C26H22Cl2N2O3. The van der Waals surface area contributed by atoms with Gasteiger partial charge in [-0.3, -0.25) is 9.78 Å². The lowest BCUT2D eigenvalue weighted by molar-refractivity contribution is -0.116. The maximum absolute atomic E-state index is 12.6. The highest BCUT2D eigenvalue weighted by Gasteiger charge is 2.17. The third-order valence-corrected chi connectivity index (χ3v) is 5.73. The van der Waals surface area contributed by atoms with Gasteiger partial charge in [0.05, 0.1) is 17.9 Å². The van der Waals surface area contributed by atoms with Gasteiger partial charge in [0, 0.05) is 58.2 Å². The summed E-state index contributed by atoms with van der Waals surface area (Å²) in [5.41, 5.74) is 4.86. The second-order valence-electron chi connectivity index (χ2n) is 7.45. The van der Waals surface area contributed by atoms with Gasteiger partial charge in [0.25, 0.3) is 0 Å². The van der Waals surface area contributed by atoms with Crippen molar-refractivity contribution in [1.82, 2.24) is 10.3 Å². The van der Waals surface area contributed by atoms with Gasteiger partial charge in [0.2, 0.25) is 5.91 Å². The van der Waals surface area contributed by atoms with Crippen molar-refractivity contribution >= 4 is 45.7 Å². The largest absolute Gasteiger partial charge is 0.493 e. The van der Waals surface area contributed by atoms with E-state index in [1.807, 2.05) is 44.2 Å². The SMILES string of the molecule is CCOc1cc2occ(-c3ccc(Cl)cc3Cl)c2cc1/C(C)=C/C(=O)NCc1ccncc1. The van der Waals surface area contributed by atoms with E-state index < -0.39 is 0 Å². The molecule has 0 aliphatic carbocycles. The van der Waals surface area contributed by atoms with Crippen LogP contribution in [0.4, 0.5) is 0 Å². The summed E-state index contributed by atoms with van der Waals surface area (Å²) in [5, 5.41) is 4.86. The third kappa shape index (κ3) is 5.21. The van der Waals surface area contributed by atoms with E-state index >= 15 is 0 Å². The molecule has 0 saturated carbocycles. The van der Waals surface area contributed by atoms with Crippen LogP contribution in [0.5, 0.6) is 5.75 Å². The van der Waals surface area contributed by atoms with Gasteiger partial charge in [-0.25, -0.2) is 0 Å². The van der Waals surface area contributed by atoms with Crippen molar-refractivity contribution in [3.8, 4) is 16.9 Å². The van der Waals surface area contributed by atoms with E-state index in [1.165, 1.54) is 0 Å². The fraction of sp³-hybridized carbons (Fsp3) is 0.154. The molecule has 5 nitrogen and oxygen atoms in total. The topological polar surface area (TPSA) is 64.4 Å². The van der Waals surface area contributed by atoms with Crippen LogP contribution in [0.3, 0.4) is 0 Å². The van der Waals surface area contributed by atoms with E-state index in [4.69, 9.17) is 32.4 Å². The molecule has 0 bridgehead atoms. The fourth-order valence-corrected chi connectivity index (χ4v) is 4.08. The number of pyridine rings is 1. The molecule has 0 unspecified atom stereocenters. The highest BCUT2D eigenvalue weighted by molar-refractivity contribution is 6.36. The molecule has 0 aliphatic rings. The zero-order chi connectivity index (χ0) is 23.4. The minimum Gasteiger partial charge on any atom is -0.493 e. The number of aromatic nitrogens is 1. The molecule has 168 valence electrons. The van der Waals surface area contributed by atoms with Gasteiger partial charge >= 0.3 is 0 Å². The van der Waals surface area contributed by atoms with Crippen LogP contribution in [0.25, 0.3) is 27.7 Å². The number of nitrogens with zero attached hydrogens (tertiary/aromatic N) is 1. The molecular weight excluding hydrogens is 459 g/mol. The number of hydrogen-bond donors (Lipinski definition) is 1. The first kappa shape index (κ1) is 22.9. The number of carbonyl (C=O) groups is 1. The van der Waals surface area contributed by atoms with Crippen LogP contribution in [0, 0.1) is 0 Å². The molecule has 4 rings (SSSR count). The summed E-state index contributed by atoms with van der Waals surface area (Å²) in [5.74, 6) is 0.448. The number of amides is 1. The number of carbonyl (C=O) groups excluding carboxylic acids is 1. The lowest BCUT2D eigenvalue weighted by Crippen LogP contribution is -2.20. The van der Waals surface area contributed by atoms with E-state index in [0.717, 1.165) is 33.2 Å². The Morgan fingerprint density at radius 3 is 2.64 bits per heavy atom. The van der Waals surface area contributed by atoms with E-state index in [0.29, 0.717) is 34.5 Å². The van der Waals surface area contributed by atoms with Crippen LogP contribution in [-0.4, -0.2) is 17.5 Å². The van der Waals surface area contributed by atoms with Crippen molar-refractivity contribution in [3.05, 3.63) is 88.4 Å². The number of benzene rings is 2. The van der Waals surface area contributed by atoms with Gasteiger partial charge in [-0.1, -0.05) is 29.3 Å². The summed E-state index contributed by atoms with van der Waals surface area (Å²) in [7, 11) is 0. The van der Waals surface area contributed by atoms with Crippen LogP contribution < -0.4 is 10.1 Å². The molecule has 0 radical (unpaired) electrons. The van der Waals surface area contributed by atoms with Crippen molar-refractivity contribution in [3.63, 3.8) is 0 Å². The molecule has 2 aromatic carbocycles. The maximum atomic E-state index is 12.6. The zero-order valence-electron chi connectivity index (χ0n) is 18.2. The Kier molecular flexibility index (Phi) is 7.02. The number of nitrogens with one attached hydrogen (secondary N) is 1. The molecule has 0 aliphatic heterocycles. The van der Waals surface area contributed by atoms with Gasteiger partial charge in [-0.15, -0.1) is 0 Å². The third-order valence-electron chi connectivity index (χ3n) is 5.19. The van der Waals surface area contributed by atoms with Gasteiger partial charge in [-0.05, 0) is 55.3 Å². The number of halogens is 2. The van der Waals surface area contributed by atoms with E-state index in [-0.39, 0.29) is 5.91 Å². The summed E-state index contributed by atoms with van der Waals surface area (Å²) in [6.45, 7) is 4.69. The van der Waals surface area contributed by atoms with Crippen molar-refractivity contribution < 1.29 is 13.9 Å². The lowest BCUT2D eigenvalue weighted by Gasteiger charge is -2.12. The minimum atomic E-state index is -0.194. The van der Waals surface area contributed by atoms with Crippen molar-refractivity contribution in [2.45, 2.75) is 20.4 Å². The predicted molar refractivity (Wildman–Crippen MR) is 133 cm³/mol. The molecule has 0 fully saturated rings. The zero-order valence-corrected chi connectivity index (χ0v) is 19.7. The highest BCUT2D eigenvalue weighted by atomic mass is 35.5. The number of rotatable bonds is 7. The Bertz CT molecular complexity index is 1330. The summed E-state index contributed by atoms with van der Waals surface area (Å²) < 4.78 is 11.7. The molecule has 0 atom stereocenters. The maximum Gasteiger partial charge on any atom is 0.244 e. The number of furan rings is 1.